The summed E-state index contributed by atoms with van der Waals surface area (Å²) in [4.78, 5) is 22.7. The zero-order chi connectivity index (χ0) is 13.1. The highest BCUT2D eigenvalue weighted by molar-refractivity contribution is 6.04. The Labute approximate surface area is 103 Å². The summed E-state index contributed by atoms with van der Waals surface area (Å²) in [6.07, 6.45) is 2.85. The van der Waals surface area contributed by atoms with Gasteiger partial charge in [0.25, 0.3) is 5.91 Å². The predicted octanol–water partition coefficient (Wildman–Crippen LogP) is 1.67. The number of aromatic amines is 1. The molecule has 0 fully saturated rings. The summed E-state index contributed by atoms with van der Waals surface area (Å²) >= 11 is 0. The number of rotatable bonds is 3. The normalized spacial score (nSPS) is 10.1. The van der Waals surface area contributed by atoms with E-state index >= 15 is 0 Å². The first kappa shape index (κ1) is 11.8. The lowest BCUT2D eigenvalue weighted by molar-refractivity contribution is 0.0695. The van der Waals surface area contributed by atoms with Crippen molar-refractivity contribution in [3.63, 3.8) is 0 Å². The highest BCUT2D eigenvalue weighted by Gasteiger charge is 2.11. The zero-order valence-corrected chi connectivity index (χ0v) is 9.60. The van der Waals surface area contributed by atoms with Crippen molar-refractivity contribution in [3.05, 3.63) is 47.3 Å². The maximum Gasteiger partial charge on any atom is 0.336 e. The molecule has 0 spiro atoms. The molecule has 0 saturated carbocycles. The molecule has 0 atom stereocenters. The van der Waals surface area contributed by atoms with Gasteiger partial charge in [0, 0.05) is 11.9 Å². The van der Waals surface area contributed by atoms with E-state index in [1.165, 1.54) is 18.5 Å². The largest absolute Gasteiger partial charge is 0.478 e. The van der Waals surface area contributed by atoms with Crippen LogP contribution in [0.4, 0.5) is 5.69 Å². The summed E-state index contributed by atoms with van der Waals surface area (Å²) in [7, 11) is 0. The number of aromatic nitrogens is 2. The highest BCUT2D eigenvalue weighted by atomic mass is 16.4. The second-order valence-electron chi connectivity index (χ2n) is 3.78. The van der Waals surface area contributed by atoms with Crippen LogP contribution in [0, 0.1) is 6.92 Å². The summed E-state index contributed by atoms with van der Waals surface area (Å²) in [6, 6.07) is 4.73. The molecule has 2 rings (SSSR count). The summed E-state index contributed by atoms with van der Waals surface area (Å²) < 4.78 is 0. The molecular formula is C12H11N3O3. The summed E-state index contributed by atoms with van der Waals surface area (Å²) in [6.45, 7) is 1.70. The molecule has 2 aromatic rings. The SMILES string of the molecule is Cc1ccc(NC(=O)c2cn[nH]c2)cc1C(=O)O. The Kier molecular flexibility index (Phi) is 3.09. The fraction of sp³-hybridized carbons (Fsp3) is 0.0833. The van der Waals surface area contributed by atoms with Crippen molar-refractivity contribution in [2.75, 3.05) is 5.32 Å². The van der Waals surface area contributed by atoms with E-state index in [-0.39, 0.29) is 11.5 Å². The van der Waals surface area contributed by atoms with Crippen molar-refractivity contribution in [1.29, 1.82) is 0 Å². The lowest BCUT2D eigenvalue weighted by Crippen LogP contribution is -2.12. The molecule has 0 saturated heterocycles. The van der Waals surface area contributed by atoms with E-state index in [2.05, 4.69) is 15.5 Å². The Morgan fingerprint density at radius 2 is 2.17 bits per heavy atom. The van der Waals surface area contributed by atoms with Crippen LogP contribution in [0.25, 0.3) is 0 Å². The number of amides is 1. The van der Waals surface area contributed by atoms with Gasteiger partial charge in [-0.25, -0.2) is 4.79 Å². The molecular weight excluding hydrogens is 234 g/mol. The van der Waals surface area contributed by atoms with Gasteiger partial charge in [0.15, 0.2) is 0 Å². The number of H-pyrrole nitrogens is 1. The van der Waals surface area contributed by atoms with E-state index in [4.69, 9.17) is 5.11 Å². The first-order valence-electron chi connectivity index (χ1n) is 5.22. The van der Waals surface area contributed by atoms with Crippen LogP contribution < -0.4 is 5.32 Å². The van der Waals surface area contributed by atoms with Gasteiger partial charge in [0.2, 0.25) is 0 Å². The van der Waals surface area contributed by atoms with E-state index in [0.717, 1.165) is 0 Å². The molecule has 6 nitrogen and oxygen atoms in total. The predicted molar refractivity (Wildman–Crippen MR) is 64.7 cm³/mol. The van der Waals surface area contributed by atoms with Gasteiger partial charge in [-0.15, -0.1) is 0 Å². The third-order valence-electron chi connectivity index (χ3n) is 2.49. The Hall–Kier alpha value is -2.63. The molecule has 1 aromatic heterocycles. The van der Waals surface area contributed by atoms with Crippen LogP contribution in [-0.2, 0) is 0 Å². The van der Waals surface area contributed by atoms with E-state index in [0.29, 0.717) is 16.8 Å². The standard InChI is InChI=1S/C12H11N3O3/c1-7-2-3-9(4-10(7)12(17)18)15-11(16)8-5-13-14-6-8/h2-6H,1H3,(H,13,14)(H,15,16)(H,17,18). The van der Waals surface area contributed by atoms with E-state index in [1.807, 2.05) is 0 Å². The van der Waals surface area contributed by atoms with E-state index in [1.54, 1.807) is 19.1 Å². The summed E-state index contributed by atoms with van der Waals surface area (Å²) in [5, 5.41) is 17.8. The quantitative estimate of drug-likeness (QED) is 0.766. The van der Waals surface area contributed by atoms with Crippen molar-refractivity contribution in [3.8, 4) is 0 Å². The van der Waals surface area contributed by atoms with Gasteiger partial charge < -0.3 is 10.4 Å². The van der Waals surface area contributed by atoms with Gasteiger partial charge in [-0.05, 0) is 24.6 Å². The molecule has 1 heterocycles. The van der Waals surface area contributed by atoms with Crippen LogP contribution >= 0.6 is 0 Å². The number of hydrogen-bond donors (Lipinski definition) is 3. The van der Waals surface area contributed by atoms with Crippen molar-refractivity contribution in [2.45, 2.75) is 6.92 Å². The van der Waals surface area contributed by atoms with Crippen LogP contribution in [-0.4, -0.2) is 27.2 Å². The number of nitrogens with one attached hydrogen (secondary N) is 2. The monoisotopic (exact) mass is 245 g/mol. The zero-order valence-electron chi connectivity index (χ0n) is 9.60. The minimum Gasteiger partial charge on any atom is -0.478 e. The average molecular weight is 245 g/mol. The number of carboxylic acid groups (broad SMARTS) is 1. The van der Waals surface area contributed by atoms with Gasteiger partial charge in [-0.2, -0.15) is 5.10 Å². The second kappa shape index (κ2) is 4.70. The summed E-state index contributed by atoms with van der Waals surface area (Å²) in [5.41, 5.74) is 1.63. The molecule has 0 aliphatic heterocycles. The first-order valence-corrected chi connectivity index (χ1v) is 5.22. The molecule has 3 N–H and O–H groups in total. The molecule has 0 radical (unpaired) electrons. The molecule has 0 bridgehead atoms. The molecule has 1 amide bonds. The second-order valence-corrected chi connectivity index (χ2v) is 3.78. The number of carboxylic acids is 1. The molecule has 0 aliphatic rings. The Morgan fingerprint density at radius 1 is 1.39 bits per heavy atom. The van der Waals surface area contributed by atoms with Gasteiger partial charge >= 0.3 is 5.97 Å². The number of hydrogen-bond acceptors (Lipinski definition) is 3. The molecule has 0 unspecified atom stereocenters. The topological polar surface area (TPSA) is 95.1 Å². The van der Waals surface area contributed by atoms with Crippen LogP contribution in [0.5, 0.6) is 0 Å². The van der Waals surface area contributed by atoms with Gasteiger partial charge in [0.05, 0.1) is 17.3 Å². The third-order valence-corrected chi connectivity index (χ3v) is 2.49. The van der Waals surface area contributed by atoms with Crippen molar-refractivity contribution in [2.24, 2.45) is 0 Å². The Balaban J connectivity index is 2.22. The number of benzene rings is 1. The first-order chi connectivity index (χ1) is 8.58. The van der Waals surface area contributed by atoms with Crippen LogP contribution in [0.3, 0.4) is 0 Å². The number of carbonyl (C=O) groups excluding carboxylic acids is 1. The molecule has 0 aliphatic carbocycles. The minimum atomic E-state index is -1.02. The number of nitrogens with zero attached hydrogens (tertiary/aromatic N) is 1. The lowest BCUT2D eigenvalue weighted by atomic mass is 10.1. The lowest BCUT2D eigenvalue weighted by Gasteiger charge is -2.06. The highest BCUT2D eigenvalue weighted by Crippen LogP contribution is 2.16. The number of aromatic carboxylic acids is 1. The number of aryl methyl sites for hydroxylation is 1. The van der Waals surface area contributed by atoms with E-state index in [9.17, 15) is 9.59 Å². The number of carbonyl (C=O) groups is 2. The average Bonchev–Trinajstić information content (AvgIpc) is 2.85. The minimum absolute atomic E-state index is 0.167. The maximum absolute atomic E-state index is 11.7. The van der Waals surface area contributed by atoms with E-state index < -0.39 is 5.97 Å². The van der Waals surface area contributed by atoms with Gasteiger partial charge in [-0.3, -0.25) is 9.89 Å². The fourth-order valence-corrected chi connectivity index (χ4v) is 1.51. The summed E-state index contributed by atoms with van der Waals surface area (Å²) in [5.74, 6) is -1.36. The van der Waals surface area contributed by atoms with Gasteiger partial charge in [0.1, 0.15) is 0 Å². The molecule has 1 aromatic carbocycles. The van der Waals surface area contributed by atoms with Crippen molar-refractivity contribution < 1.29 is 14.7 Å². The molecule has 92 valence electrons. The van der Waals surface area contributed by atoms with Crippen LogP contribution in [0.15, 0.2) is 30.6 Å². The molecule has 6 heteroatoms. The molecule has 18 heavy (non-hydrogen) atoms. The third kappa shape index (κ3) is 2.37. The Bertz CT molecular complexity index is 591. The van der Waals surface area contributed by atoms with Crippen molar-refractivity contribution in [1.82, 2.24) is 10.2 Å². The smallest absolute Gasteiger partial charge is 0.336 e. The van der Waals surface area contributed by atoms with Crippen LogP contribution in [0.1, 0.15) is 26.3 Å². The maximum atomic E-state index is 11.7. The van der Waals surface area contributed by atoms with Gasteiger partial charge in [-0.1, -0.05) is 6.07 Å². The van der Waals surface area contributed by atoms with Crippen molar-refractivity contribution >= 4 is 17.6 Å². The van der Waals surface area contributed by atoms with Crippen LogP contribution in [0.2, 0.25) is 0 Å². The Morgan fingerprint density at radius 3 is 2.78 bits per heavy atom. The fourth-order valence-electron chi connectivity index (χ4n) is 1.51. The number of anilines is 1.